The second-order valence-electron chi connectivity index (χ2n) is 13.4. The fourth-order valence-corrected chi connectivity index (χ4v) is 6.79. The van der Waals surface area contributed by atoms with Crippen LogP contribution in [0.1, 0.15) is 58.2 Å². The molecule has 4 aromatic rings. The van der Waals surface area contributed by atoms with Crippen molar-refractivity contribution in [2.45, 2.75) is 81.7 Å². The van der Waals surface area contributed by atoms with E-state index in [-0.39, 0.29) is 29.8 Å². The molecule has 278 valence electrons. The van der Waals surface area contributed by atoms with Gasteiger partial charge in [-0.2, -0.15) is 5.26 Å². The van der Waals surface area contributed by atoms with Crippen molar-refractivity contribution in [2.75, 3.05) is 19.7 Å². The summed E-state index contributed by atoms with van der Waals surface area (Å²) in [5.41, 5.74) is 2.86. The van der Waals surface area contributed by atoms with Gasteiger partial charge in [-0.1, -0.05) is 12.1 Å². The fraction of sp³-hybridized carbons (Fsp3) is 0.432. The summed E-state index contributed by atoms with van der Waals surface area (Å²) in [6.07, 6.45) is -6.89. The molecule has 3 fully saturated rings. The standard InChI is InChI=1S/C37H38FN5O10/c38-25-14-20(16-39)4-5-23(25)19-51-30-3-1-2-26(41-30)21-8-11-42(12-9-21)18-29-40-27-7-6-22(15-28(27)43(29)17-24-10-13-50-24)36(49)53-37-33(46)31(44)32(45)34(52-37)35(47)48/h1-7,14-15,21,24,31-34,37,44-46H,8-13,17-19H2,(H,47,48)/t24-,31-,32-,33+,34-,37-/m0/s1. The molecule has 3 aliphatic rings. The Kier molecular flexibility index (Phi) is 10.6. The maximum absolute atomic E-state index is 14.3. The number of nitriles is 1. The number of aliphatic hydroxyl groups is 3. The lowest BCUT2D eigenvalue weighted by molar-refractivity contribution is -0.278. The molecule has 2 aromatic carbocycles. The van der Waals surface area contributed by atoms with Gasteiger partial charge in [0.15, 0.2) is 6.10 Å². The molecule has 0 bridgehead atoms. The van der Waals surface area contributed by atoms with Crippen LogP contribution in [0.3, 0.4) is 0 Å². The Hall–Kier alpha value is -5.02. The normalized spacial score (nSPS) is 25.0. The molecule has 16 heteroatoms. The number of pyridine rings is 1. The number of carboxylic acids is 1. The first-order chi connectivity index (χ1) is 25.6. The van der Waals surface area contributed by atoms with Crippen molar-refractivity contribution in [3.05, 3.63) is 88.6 Å². The Balaban J connectivity index is 1.01. The number of rotatable bonds is 11. The number of aliphatic hydroxyl groups excluding tert-OH is 3. The average Bonchev–Trinajstić information content (AvgIpc) is 3.48. The highest BCUT2D eigenvalue weighted by atomic mass is 19.1. The number of piperidine rings is 1. The first-order valence-corrected chi connectivity index (χ1v) is 17.3. The smallest absolute Gasteiger partial charge is 0.340 e. The van der Waals surface area contributed by atoms with Gasteiger partial charge in [-0.15, -0.1) is 0 Å². The predicted molar refractivity (Wildman–Crippen MR) is 181 cm³/mol. The molecule has 0 aliphatic carbocycles. The van der Waals surface area contributed by atoms with Crippen LogP contribution in [-0.2, 0) is 38.7 Å². The molecule has 5 heterocycles. The van der Waals surface area contributed by atoms with Gasteiger partial charge in [-0.3, -0.25) is 4.90 Å². The van der Waals surface area contributed by atoms with Gasteiger partial charge in [0, 0.05) is 29.8 Å². The van der Waals surface area contributed by atoms with Gasteiger partial charge in [0.05, 0.1) is 47.4 Å². The minimum atomic E-state index is -1.91. The Labute approximate surface area is 302 Å². The highest BCUT2D eigenvalue weighted by Crippen LogP contribution is 2.31. The van der Waals surface area contributed by atoms with Crippen LogP contribution in [-0.4, -0.2) is 108 Å². The number of carbonyl (C=O) groups is 2. The highest BCUT2D eigenvalue weighted by molar-refractivity contribution is 5.94. The largest absolute Gasteiger partial charge is 0.479 e. The van der Waals surface area contributed by atoms with Crippen molar-refractivity contribution >= 4 is 23.0 Å². The van der Waals surface area contributed by atoms with E-state index in [0.29, 0.717) is 42.2 Å². The summed E-state index contributed by atoms with van der Waals surface area (Å²) in [5.74, 6) is -1.64. The van der Waals surface area contributed by atoms with Crippen LogP contribution in [0.4, 0.5) is 4.39 Å². The zero-order chi connectivity index (χ0) is 37.2. The van der Waals surface area contributed by atoms with Gasteiger partial charge < -0.3 is 43.9 Å². The van der Waals surface area contributed by atoms with Crippen molar-refractivity contribution in [3.63, 3.8) is 0 Å². The van der Waals surface area contributed by atoms with Crippen LogP contribution in [0.15, 0.2) is 54.6 Å². The van der Waals surface area contributed by atoms with E-state index in [9.17, 15) is 34.4 Å². The third kappa shape index (κ3) is 7.86. The van der Waals surface area contributed by atoms with Crippen LogP contribution < -0.4 is 4.74 Å². The van der Waals surface area contributed by atoms with Gasteiger partial charge in [0.25, 0.3) is 0 Å². The van der Waals surface area contributed by atoms with E-state index in [0.717, 1.165) is 43.9 Å². The molecule has 0 spiro atoms. The second-order valence-corrected chi connectivity index (χ2v) is 13.4. The average molecular weight is 732 g/mol. The lowest BCUT2D eigenvalue weighted by atomic mass is 9.93. The molecule has 15 nitrogen and oxygen atoms in total. The Morgan fingerprint density at radius 1 is 1.00 bits per heavy atom. The maximum Gasteiger partial charge on any atom is 0.340 e. The molecule has 3 aliphatic heterocycles. The maximum atomic E-state index is 14.3. The lowest BCUT2D eigenvalue weighted by Crippen LogP contribution is -2.60. The van der Waals surface area contributed by atoms with E-state index in [1.165, 1.54) is 18.2 Å². The number of hydrogen-bond acceptors (Lipinski definition) is 13. The molecule has 6 atom stereocenters. The summed E-state index contributed by atoms with van der Waals surface area (Å²) in [5, 5.41) is 48.7. The SMILES string of the molecule is N#Cc1ccc(COc2cccc(C3CCN(Cc4nc5ccc(C(=O)O[C@@H]6O[C@H](C(=O)O)[C@@H](O)[C@H](O)[C@H]6O)cc5n4C[C@@H]4CCO4)CC3)n2)c(F)c1. The molecule has 7 rings (SSSR count). The van der Waals surface area contributed by atoms with E-state index in [4.69, 9.17) is 34.2 Å². The first-order valence-electron chi connectivity index (χ1n) is 17.3. The Morgan fingerprint density at radius 2 is 1.79 bits per heavy atom. The summed E-state index contributed by atoms with van der Waals surface area (Å²) < 4.78 is 38.3. The highest BCUT2D eigenvalue weighted by Gasteiger charge is 2.48. The summed E-state index contributed by atoms with van der Waals surface area (Å²) in [6, 6.07) is 16.5. The number of aliphatic carboxylic acids is 1. The number of hydrogen-bond donors (Lipinski definition) is 4. The molecular weight excluding hydrogens is 693 g/mol. The minimum Gasteiger partial charge on any atom is -0.479 e. The Bertz CT molecular complexity index is 2020. The van der Waals surface area contributed by atoms with E-state index in [2.05, 4.69) is 4.90 Å². The van der Waals surface area contributed by atoms with Gasteiger partial charge in [-0.05, 0) is 68.8 Å². The molecule has 53 heavy (non-hydrogen) atoms. The summed E-state index contributed by atoms with van der Waals surface area (Å²) in [7, 11) is 0. The number of aromatic nitrogens is 3. The van der Waals surface area contributed by atoms with Gasteiger partial charge >= 0.3 is 11.9 Å². The molecule has 0 radical (unpaired) electrons. The van der Waals surface area contributed by atoms with Crippen molar-refractivity contribution in [1.29, 1.82) is 5.26 Å². The van der Waals surface area contributed by atoms with Crippen LogP contribution in [0.2, 0.25) is 0 Å². The number of benzene rings is 2. The predicted octanol–water partition coefficient (Wildman–Crippen LogP) is 2.24. The van der Waals surface area contributed by atoms with E-state index < -0.39 is 48.5 Å². The van der Waals surface area contributed by atoms with E-state index in [1.807, 2.05) is 22.8 Å². The second kappa shape index (κ2) is 15.5. The third-order valence-electron chi connectivity index (χ3n) is 9.95. The summed E-state index contributed by atoms with van der Waals surface area (Å²) in [4.78, 5) is 36.6. The van der Waals surface area contributed by atoms with E-state index in [1.54, 1.807) is 24.3 Å². The monoisotopic (exact) mass is 731 g/mol. The molecule has 3 saturated heterocycles. The molecule has 0 amide bonds. The number of fused-ring (bicyclic) bond motifs is 1. The molecular formula is C37H38FN5O10. The summed E-state index contributed by atoms with van der Waals surface area (Å²) >= 11 is 0. The number of carboxylic acid groups (broad SMARTS) is 1. The quantitative estimate of drug-likeness (QED) is 0.163. The number of ether oxygens (including phenoxy) is 4. The Morgan fingerprint density at radius 3 is 2.49 bits per heavy atom. The van der Waals surface area contributed by atoms with Gasteiger partial charge in [0.2, 0.25) is 12.2 Å². The van der Waals surface area contributed by atoms with Crippen LogP contribution in [0, 0.1) is 17.1 Å². The molecule has 4 N–H and O–H groups in total. The number of likely N-dealkylation sites (tertiary alicyclic amines) is 1. The number of nitrogens with zero attached hydrogens (tertiary/aromatic N) is 5. The molecule has 2 aromatic heterocycles. The minimum absolute atomic E-state index is 0.0115. The van der Waals surface area contributed by atoms with Gasteiger partial charge in [-0.25, -0.2) is 23.9 Å². The topological polar surface area (TPSA) is 210 Å². The number of carbonyl (C=O) groups excluding carboxylic acids is 1. The van der Waals surface area contributed by atoms with Crippen LogP contribution in [0.25, 0.3) is 11.0 Å². The van der Waals surface area contributed by atoms with Crippen molar-refractivity contribution in [2.24, 2.45) is 0 Å². The first kappa shape index (κ1) is 36.3. The zero-order valence-corrected chi connectivity index (χ0v) is 28.5. The zero-order valence-electron chi connectivity index (χ0n) is 28.5. The van der Waals surface area contributed by atoms with Crippen molar-refractivity contribution in [3.8, 4) is 11.9 Å². The fourth-order valence-electron chi connectivity index (χ4n) is 6.79. The van der Waals surface area contributed by atoms with Crippen LogP contribution >= 0.6 is 0 Å². The third-order valence-corrected chi connectivity index (χ3v) is 9.95. The van der Waals surface area contributed by atoms with Crippen molar-refractivity contribution < 1.29 is 53.4 Å². The van der Waals surface area contributed by atoms with Crippen molar-refractivity contribution in [1.82, 2.24) is 19.4 Å². The van der Waals surface area contributed by atoms with E-state index >= 15 is 0 Å². The summed E-state index contributed by atoms with van der Waals surface area (Å²) in [6.45, 7) is 3.25. The van der Waals surface area contributed by atoms with Crippen LogP contribution in [0.5, 0.6) is 5.88 Å². The number of esters is 1. The molecule has 0 unspecified atom stereocenters. The van der Waals surface area contributed by atoms with Gasteiger partial charge in [0.1, 0.15) is 36.6 Å². The lowest BCUT2D eigenvalue weighted by Gasteiger charge is -2.37. The number of imidazole rings is 1. The number of halogens is 1. The molecule has 0 saturated carbocycles.